The lowest BCUT2D eigenvalue weighted by Crippen LogP contribution is -2.53. The predicted octanol–water partition coefficient (Wildman–Crippen LogP) is 3.67. The molecule has 0 radical (unpaired) electrons. The van der Waals surface area contributed by atoms with Crippen LogP contribution in [0.15, 0.2) is 42.5 Å². The first-order valence-electron chi connectivity index (χ1n) is 12.5. The van der Waals surface area contributed by atoms with Crippen LogP contribution in [-0.2, 0) is 26.2 Å². The molecule has 0 aliphatic heterocycles. The molecule has 1 saturated carbocycles. The smallest absolute Gasteiger partial charge is 0.271 e. The molecule has 38 heavy (non-hydrogen) atoms. The zero-order valence-electron chi connectivity index (χ0n) is 21.7. The number of sulfonamides is 1. The molecule has 0 bridgehead atoms. The molecule has 2 aromatic carbocycles. The summed E-state index contributed by atoms with van der Waals surface area (Å²) in [6.45, 7) is 2.61. The maximum absolute atomic E-state index is 13.7. The van der Waals surface area contributed by atoms with E-state index in [0.717, 1.165) is 42.3 Å². The third kappa shape index (κ3) is 7.27. The van der Waals surface area contributed by atoms with E-state index < -0.39 is 39.3 Å². The number of nitrogens with zero attached hydrogens (tertiary/aromatic N) is 3. The number of anilines is 1. The fourth-order valence-corrected chi connectivity index (χ4v) is 5.55. The second-order valence-electron chi connectivity index (χ2n) is 9.56. The van der Waals surface area contributed by atoms with Gasteiger partial charge in [0.2, 0.25) is 21.8 Å². The Kier molecular flexibility index (Phi) is 9.42. The van der Waals surface area contributed by atoms with Crippen LogP contribution in [0.25, 0.3) is 0 Å². The zero-order valence-corrected chi connectivity index (χ0v) is 22.5. The van der Waals surface area contributed by atoms with Crippen molar-refractivity contribution in [1.29, 1.82) is 0 Å². The van der Waals surface area contributed by atoms with Crippen molar-refractivity contribution in [2.45, 2.75) is 64.6 Å². The molecular formula is C26H33FN4O6S. The summed E-state index contributed by atoms with van der Waals surface area (Å²) in [5.41, 5.74) is 0.659. The monoisotopic (exact) mass is 548 g/mol. The number of carbonyl (C=O) groups is 2. The summed E-state index contributed by atoms with van der Waals surface area (Å²) in [5.74, 6) is -1.46. The van der Waals surface area contributed by atoms with Crippen LogP contribution in [0.2, 0.25) is 0 Å². The van der Waals surface area contributed by atoms with E-state index in [-0.39, 0.29) is 36.3 Å². The highest BCUT2D eigenvalue weighted by Crippen LogP contribution is 2.28. The van der Waals surface area contributed by atoms with Gasteiger partial charge in [0.15, 0.2) is 0 Å². The van der Waals surface area contributed by atoms with E-state index in [1.165, 1.54) is 41.3 Å². The molecule has 1 aliphatic carbocycles. The van der Waals surface area contributed by atoms with Crippen LogP contribution in [-0.4, -0.2) is 54.9 Å². The molecule has 0 aromatic heterocycles. The second kappa shape index (κ2) is 12.3. The van der Waals surface area contributed by atoms with Crippen LogP contribution < -0.4 is 9.62 Å². The highest BCUT2D eigenvalue weighted by Gasteiger charge is 2.33. The first kappa shape index (κ1) is 29.0. The molecule has 0 saturated heterocycles. The van der Waals surface area contributed by atoms with Crippen LogP contribution in [0.4, 0.5) is 15.8 Å². The first-order chi connectivity index (χ1) is 17.9. The Bertz CT molecular complexity index is 1280. The highest BCUT2D eigenvalue weighted by molar-refractivity contribution is 7.92. The molecule has 1 N–H and O–H groups in total. The summed E-state index contributed by atoms with van der Waals surface area (Å²) in [5, 5.41) is 14.3. The van der Waals surface area contributed by atoms with Crippen molar-refractivity contribution in [3.05, 3.63) is 69.5 Å². The Hall–Kier alpha value is -3.54. The number of hydrogen-bond acceptors (Lipinski definition) is 6. The van der Waals surface area contributed by atoms with Gasteiger partial charge >= 0.3 is 0 Å². The molecule has 0 heterocycles. The topological polar surface area (TPSA) is 130 Å². The SMILES string of the molecule is CCC(C(=O)NC1CCCC1)N(Cc1ccc(F)cc1)C(=O)CN(c1cc([N+](=O)[O-])ccc1C)S(C)(=O)=O. The average Bonchev–Trinajstić information content (AvgIpc) is 3.36. The van der Waals surface area contributed by atoms with Gasteiger partial charge in [0.05, 0.1) is 16.9 Å². The zero-order chi connectivity index (χ0) is 28.0. The second-order valence-corrected chi connectivity index (χ2v) is 11.5. The third-order valence-corrected chi connectivity index (χ3v) is 7.83. The van der Waals surface area contributed by atoms with E-state index >= 15 is 0 Å². The number of non-ortho nitro benzene ring substituents is 1. The standard InChI is InChI=1S/C26H33FN4O6S/c1-4-23(26(33)28-21-7-5-6-8-21)29(16-19-10-12-20(27)13-11-19)25(32)17-30(38(3,36)37)24-15-22(31(34)35)14-9-18(24)2/h9-15,21,23H,4-8,16-17H2,1-3H3,(H,28,33). The average molecular weight is 549 g/mol. The minimum absolute atomic E-state index is 0.000220. The van der Waals surface area contributed by atoms with Gasteiger partial charge in [-0.2, -0.15) is 0 Å². The number of hydrogen-bond donors (Lipinski definition) is 1. The van der Waals surface area contributed by atoms with Crippen molar-refractivity contribution < 1.29 is 27.3 Å². The third-order valence-electron chi connectivity index (χ3n) is 6.71. The van der Waals surface area contributed by atoms with E-state index in [0.29, 0.717) is 11.1 Å². The molecule has 12 heteroatoms. The van der Waals surface area contributed by atoms with E-state index in [4.69, 9.17) is 0 Å². The van der Waals surface area contributed by atoms with Gasteiger partial charge in [-0.25, -0.2) is 12.8 Å². The van der Waals surface area contributed by atoms with Crippen molar-refractivity contribution in [1.82, 2.24) is 10.2 Å². The summed E-state index contributed by atoms with van der Waals surface area (Å²) in [7, 11) is -4.05. The molecular weight excluding hydrogens is 515 g/mol. The quantitative estimate of drug-likeness (QED) is 0.337. The fourth-order valence-electron chi connectivity index (χ4n) is 4.65. The Morgan fingerprint density at radius 2 is 1.79 bits per heavy atom. The van der Waals surface area contributed by atoms with Crippen LogP contribution in [0.1, 0.15) is 50.2 Å². The number of nitrogens with one attached hydrogen (secondary N) is 1. The maximum Gasteiger partial charge on any atom is 0.271 e. The van der Waals surface area contributed by atoms with Crippen LogP contribution in [0.3, 0.4) is 0 Å². The number of aryl methyl sites for hydroxylation is 1. The minimum atomic E-state index is -4.05. The van der Waals surface area contributed by atoms with Gasteiger partial charge in [-0.1, -0.05) is 38.0 Å². The van der Waals surface area contributed by atoms with Gasteiger partial charge in [-0.15, -0.1) is 0 Å². The van der Waals surface area contributed by atoms with Crippen molar-refractivity contribution >= 4 is 33.2 Å². The van der Waals surface area contributed by atoms with Crippen molar-refractivity contribution in [2.75, 3.05) is 17.1 Å². The summed E-state index contributed by atoms with van der Waals surface area (Å²) in [4.78, 5) is 39.0. The van der Waals surface area contributed by atoms with Crippen LogP contribution in [0, 0.1) is 22.9 Å². The van der Waals surface area contributed by atoms with Gasteiger partial charge in [0, 0.05) is 24.7 Å². The summed E-state index contributed by atoms with van der Waals surface area (Å²) in [6, 6.07) is 8.36. The molecule has 1 aliphatic rings. The number of rotatable bonds is 11. The molecule has 1 unspecified atom stereocenters. The van der Waals surface area contributed by atoms with E-state index in [1.807, 2.05) is 0 Å². The number of halogens is 1. The molecule has 1 atom stereocenters. The fraction of sp³-hybridized carbons (Fsp3) is 0.462. The van der Waals surface area contributed by atoms with Crippen molar-refractivity contribution in [2.24, 2.45) is 0 Å². The van der Waals surface area contributed by atoms with Gasteiger partial charge in [0.1, 0.15) is 18.4 Å². The molecule has 3 rings (SSSR count). The molecule has 2 amide bonds. The van der Waals surface area contributed by atoms with E-state index in [9.17, 15) is 32.5 Å². The Morgan fingerprint density at radius 1 is 1.16 bits per heavy atom. The Balaban J connectivity index is 1.97. The summed E-state index contributed by atoms with van der Waals surface area (Å²) >= 11 is 0. The molecule has 206 valence electrons. The van der Waals surface area contributed by atoms with E-state index in [1.54, 1.807) is 13.8 Å². The Morgan fingerprint density at radius 3 is 2.34 bits per heavy atom. The van der Waals surface area contributed by atoms with Gasteiger partial charge in [-0.3, -0.25) is 24.0 Å². The number of nitro benzene ring substituents is 1. The maximum atomic E-state index is 13.7. The highest BCUT2D eigenvalue weighted by atomic mass is 32.2. The van der Waals surface area contributed by atoms with Gasteiger partial charge < -0.3 is 10.2 Å². The number of carbonyl (C=O) groups excluding carboxylic acids is 2. The van der Waals surface area contributed by atoms with E-state index in [2.05, 4.69) is 5.32 Å². The lowest BCUT2D eigenvalue weighted by Gasteiger charge is -2.33. The van der Waals surface area contributed by atoms with Crippen molar-refractivity contribution in [3.8, 4) is 0 Å². The molecule has 2 aromatic rings. The molecule has 0 spiro atoms. The number of amides is 2. The first-order valence-corrected chi connectivity index (χ1v) is 14.3. The summed E-state index contributed by atoms with van der Waals surface area (Å²) in [6.07, 6.45) is 4.88. The van der Waals surface area contributed by atoms with Crippen molar-refractivity contribution in [3.63, 3.8) is 0 Å². The predicted molar refractivity (Wildman–Crippen MR) is 141 cm³/mol. The number of nitro groups is 1. The summed E-state index contributed by atoms with van der Waals surface area (Å²) < 4.78 is 39.9. The number of benzene rings is 2. The van der Waals surface area contributed by atoms with Gasteiger partial charge in [-0.05, 0) is 49.4 Å². The van der Waals surface area contributed by atoms with Gasteiger partial charge in [0.25, 0.3) is 5.69 Å². The minimum Gasteiger partial charge on any atom is -0.352 e. The lowest BCUT2D eigenvalue weighted by molar-refractivity contribution is -0.384. The van der Waals surface area contributed by atoms with Crippen LogP contribution in [0.5, 0.6) is 0 Å². The largest absolute Gasteiger partial charge is 0.352 e. The lowest BCUT2D eigenvalue weighted by atomic mass is 10.1. The Labute approximate surface area is 222 Å². The normalized spacial score (nSPS) is 14.6. The van der Waals surface area contributed by atoms with Crippen LogP contribution >= 0.6 is 0 Å². The molecule has 10 nitrogen and oxygen atoms in total. The molecule has 1 fully saturated rings.